The van der Waals surface area contributed by atoms with E-state index >= 15 is 4.79 Å². The molecule has 2 aromatic carbocycles. The van der Waals surface area contributed by atoms with Crippen LogP contribution in [0.15, 0.2) is 54.6 Å². The average Bonchev–Trinajstić information content (AvgIpc) is 3.32. The minimum atomic E-state index is -0.463. The molecule has 0 radical (unpaired) electrons. The van der Waals surface area contributed by atoms with Crippen molar-refractivity contribution < 1.29 is 23.8 Å². The maximum Gasteiger partial charge on any atom is 0.309 e. The molecular weight excluding hydrogens is 874 g/mol. The van der Waals surface area contributed by atoms with Gasteiger partial charge in [-0.25, -0.2) is 0 Å². The topological polar surface area (TPSA) is 65.1 Å². The first kappa shape index (κ1) is 62.7. The van der Waals surface area contributed by atoms with Gasteiger partial charge in [0.2, 0.25) is 0 Å². The van der Waals surface area contributed by atoms with Crippen molar-refractivity contribution in [3.63, 3.8) is 0 Å². The quantitative estimate of drug-likeness (QED) is 0.0413. The minimum absolute atomic E-state index is 0.0257. The molecule has 2 rings (SSSR count). The van der Waals surface area contributed by atoms with Gasteiger partial charge in [-0.15, -0.1) is 11.6 Å². The van der Waals surface area contributed by atoms with E-state index in [1.807, 2.05) is 0 Å². The summed E-state index contributed by atoms with van der Waals surface area (Å²) in [7, 11) is 5.90. The molecule has 0 amide bonds. The molecule has 0 aromatic heterocycles. The van der Waals surface area contributed by atoms with Crippen molar-refractivity contribution in [2.24, 2.45) is 55.2 Å². The van der Waals surface area contributed by atoms with Crippen LogP contribution in [-0.4, -0.2) is 63.7 Å². The Morgan fingerprint density at radius 3 is 1.49 bits per heavy atom. The standard InChI is InChI=1S/C62H106ClNO5/c1-22-55(7,8)41-52(54(66)68-38-37-63)62(18,27-6)61(17,26-5)43-50(47-31-29-28-30-32-47)57(11,12)60(16,25-4)44-51(53(65)69-40-39-67-21)58(13,14)59(15,24-3)42-49(56(9,10)23-2)48-35-33-46(34-36-48)45-64(19)20/h28-36,49-52H,22-27,37-45H2,1-21H3/t49?,50?,51-,52?,59?,60?,61+,62?/m1/s1. The molecule has 0 saturated carbocycles. The fraction of sp³-hybridized carbons (Fsp3) is 0.774. The highest BCUT2D eigenvalue weighted by atomic mass is 35.5. The Morgan fingerprint density at radius 2 is 1.03 bits per heavy atom. The largest absolute Gasteiger partial charge is 0.464 e. The molecule has 2 aromatic rings. The number of esters is 2. The summed E-state index contributed by atoms with van der Waals surface area (Å²) in [6, 6.07) is 20.4. The first-order chi connectivity index (χ1) is 32.0. The number of methoxy groups -OCH3 is 1. The summed E-state index contributed by atoms with van der Waals surface area (Å²) >= 11 is 6.14. The van der Waals surface area contributed by atoms with Crippen LogP contribution in [-0.2, 0) is 30.3 Å². The van der Waals surface area contributed by atoms with Gasteiger partial charge < -0.3 is 19.1 Å². The molecule has 6 nitrogen and oxygen atoms in total. The minimum Gasteiger partial charge on any atom is -0.464 e. The number of hydrogen-bond acceptors (Lipinski definition) is 6. The Hall–Kier alpha value is -2.41. The molecule has 0 fully saturated rings. The second-order valence-corrected chi connectivity index (χ2v) is 25.6. The predicted molar refractivity (Wildman–Crippen MR) is 295 cm³/mol. The van der Waals surface area contributed by atoms with Crippen LogP contribution in [0.25, 0.3) is 0 Å². The fourth-order valence-electron chi connectivity index (χ4n) is 12.0. The Labute approximate surface area is 430 Å². The number of benzene rings is 2. The van der Waals surface area contributed by atoms with Crippen LogP contribution in [0.4, 0.5) is 0 Å². The second kappa shape index (κ2) is 26.0. The van der Waals surface area contributed by atoms with Crippen LogP contribution < -0.4 is 0 Å². The molecule has 0 aliphatic rings. The molecule has 0 saturated heterocycles. The van der Waals surface area contributed by atoms with Gasteiger partial charge in [-0.05, 0) is 118 Å². The highest BCUT2D eigenvalue weighted by molar-refractivity contribution is 6.18. The molecule has 0 bridgehead atoms. The van der Waals surface area contributed by atoms with E-state index < -0.39 is 16.7 Å². The highest BCUT2D eigenvalue weighted by Gasteiger charge is 2.58. The zero-order chi connectivity index (χ0) is 52.9. The third-order valence-electron chi connectivity index (χ3n) is 20.1. The lowest BCUT2D eigenvalue weighted by Crippen LogP contribution is -2.52. The number of halogens is 1. The number of carbonyl (C=O) groups is 2. The monoisotopic (exact) mass is 980 g/mol. The lowest BCUT2D eigenvalue weighted by molar-refractivity contribution is -0.164. The maximum absolute atomic E-state index is 15.2. The van der Waals surface area contributed by atoms with Gasteiger partial charge >= 0.3 is 11.9 Å². The molecule has 69 heavy (non-hydrogen) atoms. The van der Waals surface area contributed by atoms with Crippen LogP contribution in [0.3, 0.4) is 0 Å². The highest BCUT2D eigenvalue weighted by Crippen LogP contribution is 2.65. The third kappa shape index (κ3) is 14.9. The second-order valence-electron chi connectivity index (χ2n) is 25.3. The van der Waals surface area contributed by atoms with Crippen LogP contribution >= 0.6 is 11.6 Å². The van der Waals surface area contributed by atoms with Crippen LogP contribution in [0.2, 0.25) is 0 Å². The Morgan fingerprint density at radius 1 is 0.536 bits per heavy atom. The van der Waals surface area contributed by atoms with E-state index in [1.165, 1.54) is 16.7 Å². The first-order valence-electron chi connectivity index (χ1n) is 27.1. The number of ether oxygens (including phenoxy) is 3. The number of alkyl halides is 1. The number of hydrogen-bond donors (Lipinski definition) is 0. The van der Waals surface area contributed by atoms with E-state index in [4.69, 9.17) is 25.8 Å². The normalized spacial score (nSPS) is 18.2. The third-order valence-corrected chi connectivity index (χ3v) is 20.3. The van der Waals surface area contributed by atoms with Gasteiger partial charge in [0, 0.05) is 13.7 Å². The van der Waals surface area contributed by atoms with Crippen molar-refractivity contribution in [3.05, 3.63) is 71.3 Å². The van der Waals surface area contributed by atoms with E-state index in [1.54, 1.807) is 7.11 Å². The van der Waals surface area contributed by atoms with Crippen molar-refractivity contribution in [2.75, 3.05) is 46.9 Å². The Kier molecular flexibility index (Phi) is 23.6. The zero-order valence-electron chi connectivity index (χ0n) is 48.5. The molecule has 0 spiro atoms. The summed E-state index contributed by atoms with van der Waals surface area (Å²) in [4.78, 5) is 31.8. The van der Waals surface area contributed by atoms with Gasteiger partial charge in [0.05, 0.1) is 24.3 Å². The first-order valence-corrected chi connectivity index (χ1v) is 27.7. The van der Waals surface area contributed by atoms with Crippen molar-refractivity contribution in [3.8, 4) is 0 Å². The van der Waals surface area contributed by atoms with E-state index in [0.717, 1.165) is 64.3 Å². The molecule has 7 heteroatoms. The number of carbonyl (C=O) groups excluding carboxylic acids is 2. The van der Waals surface area contributed by atoms with Crippen LogP contribution in [0, 0.1) is 55.2 Å². The lowest BCUT2D eigenvalue weighted by atomic mass is 9.46. The summed E-state index contributed by atoms with van der Waals surface area (Å²) in [6.45, 7) is 44.3. The molecule has 0 aliphatic carbocycles. The predicted octanol–water partition coefficient (Wildman–Crippen LogP) is 17.0. The van der Waals surface area contributed by atoms with E-state index in [0.29, 0.717) is 13.0 Å². The van der Waals surface area contributed by atoms with Crippen molar-refractivity contribution in [2.45, 2.75) is 207 Å². The van der Waals surface area contributed by atoms with E-state index in [2.05, 4.69) is 198 Å². The van der Waals surface area contributed by atoms with Gasteiger partial charge in [0.1, 0.15) is 13.2 Å². The number of nitrogens with zero attached hydrogens (tertiary/aromatic N) is 1. The molecule has 6 unspecified atom stereocenters. The van der Waals surface area contributed by atoms with Crippen LogP contribution in [0.1, 0.15) is 217 Å². The summed E-state index contributed by atoms with van der Waals surface area (Å²) in [5.74, 6) is -0.313. The Bertz CT molecular complexity index is 1840. The van der Waals surface area contributed by atoms with E-state index in [-0.39, 0.29) is 81.3 Å². The molecule has 0 heterocycles. The zero-order valence-corrected chi connectivity index (χ0v) is 49.2. The number of rotatable bonds is 32. The Balaban J connectivity index is 2.95. The average molecular weight is 981 g/mol. The van der Waals surface area contributed by atoms with Crippen molar-refractivity contribution in [1.29, 1.82) is 0 Å². The molecular formula is C62H106ClNO5. The van der Waals surface area contributed by atoms with Gasteiger partial charge in [0.25, 0.3) is 0 Å². The van der Waals surface area contributed by atoms with Crippen molar-refractivity contribution >= 4 is 23.5 Å². The maximum atomic E-state index is 15.2. The SMILES string of the molecule is CCC(C)(C)CC(C(=O)OCCCl)C(C)(CC)[C@@](C)(CC)CC(c1ccccc1)C(C)(C)C(C)(CC)C[C@H](C(=O)OCCOC)C(C)(C)C(C)(CC)CC(c1ccc(CN(C)C)cc1)C(C)(C)CC. The van der Waals surface area contributed by atoms with Gasteiger partial charge in [-0.1, -0.05) is 211 Å². The molecule has 0 aliphatic heterocycles. The summed E-state index contributed by atoms with van der Waals surface area (Å²) in [5, 5.41) is 0. The molecule has 0 N–H and O–H groups in total. The van der Waals surface area contributed by atoms with Gasteiger partial charge in [0.15, 0.2) is 0 Å². The summed E-state index contributed by atoms with van der Waals surface area (Å²) < 4.78 is 17.7. The van der Waals surface area contributed by atoms with Crippen LogP contribution in [0.5, 0.6) is 0 Å². The fourth-order valence-corrected chi connectivity index (χ4v) is 12.1. The molecule has 8 atom stereocenters. The smallest absolute Gasteiger partial charge is 0.309 e. The summed E-state index contributed by atoms with van der Waals surface area (Å²) in [6.07, 6.45) is 8.76. The van der Waals surface area contributed by atoms with E-state index in [9.17, 15) is 4.79 Å². The molecule has 396 valence electrons. The van der Waals surface area contributed by atoms with Gasteiger partial charge in [-0.3, -0.25) is 9.59 Å². The summed E-state index contributed by atoms with van der Waals surface area (Å²) in [5.41, 5.74) is 1.95. The lowest BCUT2D eigenvalue weighted by Gasteiger charge is -2.58. The van der Waals surface area contributed by atoms with Gasteiger partial charge in [-0.2, -0.15) is 0 Å². The van der Waals surface area contributed by atoms with Crippen molar-refractivity contribution in [1.82, 2.24) is 4.90 Å².